The lowest BCUT2D eigenvalue weighted by molar-refractivity contribution is -0.136. The van der Waals surface area contributed by atoms with Crippen LogP contribution in [0.15, 0.2) is 42.5 Å². The summed E-state index contributed by atoms with van der Waals surface area (Å²) < 4.78 is 24.9. The van der Waals surface area contributed by atoms with Gasteiger partial charge in [-0.25, -0.2) is 4.39 Å². The van der Waals surface area contributed by atoms with E-state index in [0.29, 0.717) is 18.0 Å². The summed E-state index contributed by atoms with van der Waals surface area (Å²) in [4.78, 5) is 29.1. The van der Waals surface area contributed by atoms with Gasteiger partial charge in [-0.3, -0.25) is 9.59 Å². The number of ether oxygens (including phenoxy) is 2. The second kappa shape index (κ2) is 8.34. The second-order valence-corrected chi connectivity index (χ2v) is 7.66. The molecule has 6 nitrogen and oxygen atoms in total. The summed E-state index contributed by atoms with van der Waals surface area (Å²) in [7, 11) is 3.17. The van der Waals surface area contributed by atoms with Crippen LogP contribution in [-0.4, -0.2) is 44.0 Å². The summed E-state index contributed by atoms with van der Waals surface area (Å²) in [5, 5.41) is 0. The first-order valence-corrected chi connectivity index (χ1v) is 10.1. The molecule has 30 heavy (non-hydrogen) atoms. The average molecular weight is 412 g/mol. The number of halogens is 1. The van der Waals surface area contributed by atoms with Crippen LogP contribution in [0, 0.1) is 11.7 Å². The van der Waals surface area contributed by atoms with Crippen molar-refractivity contribution in [2.45, 2.75) is 25.3 Å². The van der Waals surface area contributed by atoms with Crippen molar-refractivity contribution < 1.29 is 23.5 Å². The fourth-order valence-corrected chi connectivity index (χ4v) is 4.45. The van der Waals surface area contributed by atoms with Crippen LogP contribution in [0.5, 0.6) is 11.5 Å². The molecular formula is C23H25FN2O4. The van der Waals surface area contributed by atoms with Gasteiger partial charge in [-0.05, 0) is 42.7 Å². The lowest BCUT2D eigenvalue weighted by Gasteiger charge is -2.28. The molecule has 2 amide bonds. The molecule has 2 atom stereocenters. The minimum Gasteiger partial charge on any atom is -0.493 e. The molecule has 0 aromatic heterocycles. The van der Waals surface area contributed by atoms with Gasteiger partial charge in [0.1, 0.15) is 5.82 Å². The lowest BCUT2D eigenvalue weighted by Crippen LogP contribution is -2.37. The maximum absolute atomic E-state index is 14.1. The van der Waals surface area contributed by atoms with Crippen LogP contribution in [0.3, 0.4) is 0 Å². The van der Waals surface area contributed by atoms with E-state index in [1.807, 2.05) is 23.1 Å². The number of likely N-dealkylation sites (tertiary alicyclic amines) is 1. The molecule has 4 rings (SSSR count). The van der Waals surface area contributed by atoms with Gasteiger partial charge >= 0.3 is 0 Å². The molecule has 2 aromatic carbocycles. The van der Waals surface area contributed by atoms with E-state index in [1.54, 1.807) is 32.4 Å². The molecule has 2 aliphatic heterocycles. The van der Waals surface area contributed by atoms with Crippen LogP contribution in [0.4, 0.5) is 10.1 Å². The van der Waals surface area contributed by atoms with Crippen molar-refractivity contribution in [3.05, 3.63) is 53.8 Å². The first-order valence-electron chi connectivity index (χ1n) is 10.1. The van der Waals surface area contributed by atoms with E-state index in [4.69, 9.17) is 9.47 Å². The van der Waals surface area contributed by atoms with Crippen LogP contribution in [0.25, 0.3) is 0 Å². The highest BCUT2D eigenvalue weighted by Crippen LogP contribution is 2.38. The zero-order chi connectivity index (χ0) is 21.3. The van der Waals surface area contributed by atoms with Crippen molar-refractivity contribution in [1.82, 2.24) is 4.90 Å². The number of rotatable bonds is 5. The summed E-state index contributed by atoms with van der Waals surface area (Å²) in [6.45, 7) is 0.843. The molecule has 2 saturated heterocycles. The number of benzene rings is 2. The van der Waals surface area contributed by atoms with Gasteiger partial charge in [-0.15, -0.1) is 0 Å². The van der Waals surface area contributed by atoms with Crippen LogP contribution < -0.4 is 14.4 Å². The molecule has 0 N–H and O–H groups in total. The van der Waals surface area contributed by atoms with Crippen molar-refractivity contribution in [1.29, 1.82) is 0 Å². The SMILES string of the molecule is COc1ccc([C@@H]2CCCN2C(=O)[C@@H]2CC(=O)N(c3ccccc3F)C2)cc1OC. The van der Waals surface area contributed by atoms with Crippen molar-refractivity contribution in [2.75, 3.05) is 32.2 Å². The van der Waals surface area contributed by atoms with Gasteiger partial charge in [0.2, 0.25) is 11.8 Å². The minimum atomic E-state index is -0.474. The van der Waals surface area contributed by atoms with Gasteiger partial charge in [-0.1, -0.05) is 18.2 Å². The van der Waals surface area contributed by atoms with Gasteiger partial charge in [-0.2, -0.15) is 0 Å². The van der Waals surface area contributed by atoms with Crippen molar-refractivity contribution >= 4 is 17.5 Å². The van der Waals surface area contributed by atoms with E-state index >= 15 is 0 Å². The van der Waals surface area contributed by atoms with Crippen molar-refractivity contribution in [2.24, 2.45) is 5.92 Å². The van der Waals surface area contributed by atoms with E-state index in [1.165, 1.54) is 11.0 Å². The molecule has 0 bridgehead atoms. The maximum atomic E-state index is 14.1. The summed E-state index contributed by atoms with van der Waals surface area (Å²) >= 11 is 0. The number of methoxy groups -OCH3 is 2. The normalized spacial score (nSPS) is 21.2. The predicted molar refractivity (Wildman–Crippen MR) is 110 cm³/mol. The van der Waals surface area contributed by atoms with E-state index in [-0.39, 0.29) is 36.5 Å². The van der Waals surface area contributed by atoms with Gasteiger partial charge in [0.15, 0.2) is 11.5 Å². The van der Waals surface area contributed by atoms with Crippen LogP contribution >= 0.6 is 0 Å². The quantitative estimate of drug-likeness (QED) is 0.754. The van der Waals surface area contributed by atoms with E-state index in [2.05, 4.69) is 0 Å². The monoisotopic (exact) mass is 412 g/mol. The molecule has 0 radical (unpaired) electrons. The number of hydrogen-bond donors (Lipinski definition) is 0. The largest absolute Gasteiger partial charge is 0.493 e. The minimum absolute atomic E-state index is 0.0560. The Balaban J connectivity index is 1.53. The second-order valence-electron chi connectivity index (χ2n) is 7.66. The molecule has 2 fully saturated rings. The van der Waals surface area contributed by atoms with Crippen LogP contribution in [0.1, 0.15) is 30.9 Å². The summed E-state index contributed by atoms with van der Waals surface area (Å²) in [6.07, 6.45) is 1.84. The van der Waals surface area contributed by atoms with E-state index < -0.39 is 11.7 Å². The standard InChI is InChI=1S/C23H25FN2O4/c1-29-20-10-9-15(12-21(20)30-2)18-8-5-11-25(18)23(28)16-13-22(27)26(14-16)19-7-4-3-6-17(19)24/h3-4,6-7,9-10,12,16,18H,5,8,11,13-14H2,1-2H3/t16-,18+/m1/s1. The molecule has 0 aliphatic carbocycles. The molecule has 2 aromatic rings. The Kier molecular flexibility index (Phi) is 5.61. The first-order chi connectivity index (χ1) is 14.5. The Morgan fingerprint density at radius 3 is 2.60 bits per heavy atom. The summed E-state index contributed by atoms with van der Waals surface area (Å²) in [5.41, 5.74) is 1.21. The average Bonchev–Trinajstić information content (AvgIpc) is 3.40. The molecular weight excluding hydrogens is 387 g/mol. The third-order valence-electron chi connectivity index (χ3n) is 5.95. The number of carbonyl (C=O) groups is 2. The maximum Gasteiger partial charge on any atom is 0.228 e. The molecule has 0 saturated carbocycles. The Labute approximate surface area is 175 Å². The number of anilines is 1. The fourth-order valence-electron chi connectivity index (χ4n) is 4.45. The Morgan fingerprint density at radius 2 is 1.87 bits per heavy atom. The predicted octanol–water partition coefficient (Wildman–Crippen LogP) is 3.56. The third kappa shape index (κ3) is 3.60. The number of carbonyl (C=O) groups excluding carboxylic acids is 2. The topological polar surface area (TPSA) is 59.1 Å². The molecule has 0 unspecified atom stereocenters. The van der Waals surface area contributed by atoms with Crippen LogP contribution in [-0.2, 0) is 9.59 Å². The number of para-hydroxylation sites is 1. The summed E-state index contributed by atoms with van der Waals surface area (Å²) in [5.74, 6) is 0.0519. The van der Waals surface area contributed by atoms with E-state index in [0.717, 1.165) is 18.4 Å². The molecule has 2 aliphatic rings. The zero-order valence-electron chi connectivity index (χ0n) is 17.1. The first kappa shape index (κ1) is 20.2. The van der Waals surface area contributed by atoms with Crippen molar-refractivity contribution in [3.63, 3.8) is 0 Å². The molecule has 0 spiro atoms. The Bertz CT molecular complexity index is 964. The zero-order valence-corrected chi connectivity index (χ0v) is 17.1. The van der Waals surface area contributed by atoms with Crippen molar-refractivity contribution in [3.8, 4) is 11.5 Å². The van der Waals surface area contributed by atoms with Gasteiger partial charge in [0.05, 0.1) is 31.9 Å². The lowest BCUT2D eigenvalue weighted by atomic mass is 10.0. The Morgan fingerprint density at radius 1 is 1.10 bits per heavy atom. The van der Waals surface area contributed by atoms with Gasteiger partial charge in [0.25, 0.3) is 0 Å². The third-order valence-corrected chi connectivity index (χ3v) is 5.95. The van der Waals surface area contributed by atoms with E-state index in [9.17, 15) is 14.0 Å². The summed E-state index contributed by atoms with van der Waals surface area (Å²) in [6, 6.07) is 11.8. The Hall–Kier alpha value is -3.09. The smallest absolute Gasteiger partial charge is 0.228 e. The number of hydrogen-bond acceptors (Lipinski definition) is 4. The fraction of sp³-hybridized carbons (Fsp3) is 0.391. The van der Waals surface area contributed by atoms with Gasteiger partial charge < -0.3 is 19.3 Å². The highest BCUT2D eigenvalue weighted by atomic mass is 19.1. The van der Waals surface area contributed by atoms with Gasteiger partial charge in [0, 0.05) is 19.5 Å². The number of amides is 2. The molecule has 2 heterocycles. The molecule has 7 heteroatoms. The molecule has 158 valence electrons. The van der Waals surface area contributed by atoms with Crippen LogP contribution in [0.2, 0.25) is 0 Å². The number of nitrogens with zero attached hydrogens (tertiary/aromatic N) is 2. The highest BCUT2D eigenvalue weighted by molar-refractivity contribution is 6.00. The highest BCUT2D eigenvalue weighted by Gasteiger charge is 2.41.